The Labute approximate surface area is 101 Å². The van der Waals surface area contributed by atoms with Crippen molar-refractivity contribution < 1.29 is 14.3 Å². The Kier molecular flexibility index (Phi) is 3.76. The van der Waals surface area contributed by atoms with Crippen molar-refractivity contribution in [1.29, 1.82) is 0 Å². The molecule has 0 radical (unpaired) electrons. The van der Waals surface area contributed by atoms with E-state index in [4.69, 9.17) is 15.2 Å². The average molecular weight is 235 g/mol. The standard InChI is InChI=1S/C13H17NO3/c1-2-17-10-5-3-9(4-6-10)13(15)11-7-16-8-12(11)14/h3-6,11-12H,2,7-8,14H2,1H3. The van der Waals surface area contributed by atoms with Gasteiger partial charge in [-0.15, -0.1) is 0 Å². The minimum atomic E-state index is -0.215. The van der Waals surface area contributed by atoms with E-state index in [0.29, 0.717) is 25.4 Å². The maximum atomic E-state index is 12.1. The Morgan fingerprint density at radius 1 is 1.41 bits per heavy atom. The van der Waals surface area contributed by atoms with Crippen LogP contribution < -0.4 is 10.5 Å². The smallest absolute Gasteiger partial charge is 0.169 e. The number of ketones is 1. The number of carbonyl (C=O) groups is 1. The number of ether oxygens (including phenoxy) is 2. The molecule has 92 valence electrons. The molecule has 0 aliphatic carbocycles. The van der Waals surface area contributed by atoms with Gasteiger partial charge in [0, 0.05) is 11.6 Å². The molecule has 1 aromatic carbocycles. The number of Topliss-reactive ketones (excluding diaryl/α,β-unsaturated/α-hetero) is 1. The average Bonchev–Trinajstić information content (AvgIpc) is 2.76. The molecule has 1 fully saturated rings. The zero-order chi connectivity index (χ0) is 12.3. The predicted molar refractivity (Wildman–Crippen MR) is 64.2 cm³/mol. The van der Waals surface area contributed by atoms with Gasteiger partial charge in [-0.05, 0) is 31.2 Å². The monoisotopic (exact) mass is 235 g/mol. The zero-order valence-electron chi connectivity index (χ0n) is 9.89. The van der Waals surface area contributed by atoms with Crippen molar-refractivity contribution in [3.63, 3.8) is 0 Å². The van der Waals surface area contributed by atoms with E-state index in [-0.39, 0.29) is 17.7 Å². The molecular formula is C13H17NO3. The quantitative estimate of drug-likeness (QED) is 0.798. The summed E-state index contributed by atoms with van der Waals surface area (Å²) in [7, 11) is 0. The molecule has 0 amide bonds. The first kappa shape index (κ1) is 12.1. The van der Waals surface area contributed by atoms with Crippen LogP contribution in [0.2, 0.25) is 0 Å². The summed E-state index contributed by atoms with van der Waals surface area (Å²) in [5.41, 5.74) is 6.49. The van der Waals surface area contributed by atoms with Crippen LogP contribution in [-0.4, -0.2) is 31.6 Å². The summed E-state index contributed by atoms with van der Waals surface area (Å²) in [5.74, 6) is 0.613. The van der Waals surface area contributed by atoms with Crippen molar-refractivity contribution in [2.45, 2.75) is 13.0 Å². The molecule has 1 aliphatic rings. The van der Waals surface area contributed by atoms with Gasteiger partial charge in [0.2, 0.25) is 0 Å². The highest BCUT2D eigenvalue weighted by molar-refractivity contribution is 5.98. The van der Waals surface area contributed by atoms with E-state index in [9.17, 15) is 4.79 Å². The van der Waals surface area contributed by atoms with Crippen LogP contribution in [0.4, 0.5) is 0 Å². The minimum absolute atomic E-state index is 0.0537. The summed E-state index contributed by atoms with van der Waals surface area (Å²) >= 11 is 0. The van der Waals surface area contributed by atoms with Gasteiger partial charge in [-0.3, -0.25) is 4.79 Å². The summed E-state index contributed by atoms with van der Waals surface area (Å²) in [5, 5.41) is 0. The second-order valence-electron chi connectivity index (χ2n) is 4.13. The van der Waals surface area contributed by atoms with E-state index in [1.165, 1.54) is 0 Å². The first-order chi connectivity index (χ1) is 8.22. The molecule has 2 rings (SSSR count). The molecule has 2 unspecified atom stereocenters. The lowest BCUT2D eigenvalue weighted by Gasteiger charge is -2.12. The third-order valence-corrected chi connectivity index (χ3v) is 2.91. The minimum Gasteiger partial charge on any atom is -0.494 e. The Morgan fingerprint density at radius 2 is 2.12 bits per heavy atom. The van der Waals surface area contributed by atoms with E-state index in [1.54, 1.807) is 24.3 Å². The Morgan fingerprint density at radius 3 is 2.65 bits per heavy atom. The molecule has 4 nitrogen and oxygen atoms in total. The number of carbonyl (C=O) groups excluding carboxylic acids is 1. The van der Waals surface area contributed by atoms with Crippen LogP contribution in [0.25, 0.3) is 0 Å². The maximum absolute atomic E-state index is 12.1. The third-order valence-electron chi connectivity index (χ3n) is 2.91. The molecule has 0 bridgehead atoms. The van der Waals surface area contributed by atoms with Gasteiger partial charge in [0.15, 0.2) is 5.78 Å². The number of benzene rings is 1. The second-order valence-corrected chi connectivity index (χ2v) is 4.13. The molecule has 1 aromatic rings. The van der Waals surface area contributed by atoms with Gasteiger partial charge >= 0.3 is 0 Å². The van der Waals surface area contributed by atoms with Crippen LogP contribution in [0.1, 0.15) is 17.3 Å². The Hall–Kier alpha value is -1.39. The van der Waals surface area contributed by atoms with Crippen molar-refractivity contribution in [3.05, 3.63) is 29.8 Å². The second kappa shape index (κ2) is 5.29. The van der Waals surface area contributed by atoms with Crippen molar-refractivity contribution >= 4 is 5.78 Å². The molecule has 0 spiro atoms. The fourth-order valence-electron chi connectivity index (χ4n) is 1.94. The lowest BCUT2D eigenvalue weighted by atomic mass is 9.94. The number of nitrogens with two attached hydrogens (primary N) is 1. The third kappa shape index (κ3) is 2.65. The molecule has 17 heavy (non-hydrogen) atoms. The van der Waals surface area contributed by atoms with Crippen LogP contribution in [0.5, 0.6) is 5.75 Å². The van der Waals surface area contributed by atoms with E-state index in [1.807, 2.05) is 6.92 Å². The van der Waals surface area contributed by atoms with Crippen molar-refractivity contribution in [1.82, 2.24) is 0 Å². The van der Waals surface area contributed by atoms with E-state index in [0.717, 1.165) is 5.75 Å². The van der Waals surface area contributed by atoms with Gasteiger partial charge in [-0.2, -0.15) is 0 Å². The highest BCUT2D eigenvalue weighted by Gasteiger charge is 2.31. The zero-order valence-corrected chi connectivity index (χ0v) is 9.89. The van der Waals surface area contributed by atoms with Crippen molar-refractivity contribution in [2.75, 3.05) is 19.8 Å². The van der Waals surface area contributed by atoms with Gasteiger partial charge in [0.25, 0.3) is 0 Å². The van der Waals surface area contributed by atoms with E-state index >= 15 is 0 Å². The van der Waals surface area contributed by atoms with Crippen LogP contribution >= 0.6 is 0 Å². The van der Waals surface area contributed by atoms with Crippen LogP contribution in [0.15, 0.2) is 24.3 Å². The van der Waals surface area contributed by atoms with Gasteiger partial charge in [-0.1, -0.05) is 0 Å². The molecule has 0 saturated carbocycles. The summed E-state index contributed by atoms with van der Waals surface area (Å²) in [6.45, 7) is 3.43. The maximum Gasteiger partial charge on any atom is 0.169 e. The first-order valence-corrected chi connectivity index (χ1v) is 5.82. The predicted octanol–water partition coefficient (Wildman–Crippen LogP) is 1.24. The van der Waals surface area contributed by atoms with Crippen LogP contribution in [-0.2, 0) is 4.74 Å². The topological polar surface area (TPSA) is 61.5 Å². The number of hydrogen-bond acceptors (Lipinski definition) is 4. The van der Waals surface area contributed by atoms with Gasteiger partial charge in [0.1, 0.15) is 5.75 Å². The lowest BCUT2D eigenvalue weighted by molar-refractivity contribution is 0.0896. The van der Waals surface area contributed by atoms with Crippen molar-refractivity contribution in [2.24, 2.45) is 11.7 Å². The molecule has 1 aliphatic heterocycles. The SMILES string of the molecule is CCOc1ccc(C(=O)C2COCC2N)cc1. The first-order valence-electron chi connectivity index (χ1n) is 5.82. The Bertz CT molecular complexity index is 388. The van der Waals surface area contributed by atoms with Crippen LogP contribution in [0.3, 0.4) is 0 Å². The van der Waals surface area contributed by atoms with Gasteiger partial charge in [0.05, 0.1) is 25.7 Å². The highest BCUT2D eigenvalue weighted by atomic mass is 16.5. The fourth-order valence-corrected chi connectivity index (χ4v) is 1.94. The van der Waals surface area contributed by atoms with Gasteiger partial charge in [-0.25, -0.2) is 0 Å². The molecule has 2 N–H and O–H groups in total. The largest absolute Gasteiger partial charge is 0.494 e. The van der Waals surface area contributed by atoms with Crippen molar-refractivity contribution in [3.8, 4) is 5.75 Å². The summed E-state index contributed by atoms with van der Waals surface area (Å²) < 4.78 is 10.5. The van der Waals surface area contributed by atoms with Crippen LogP contribution in [0, 0.1) is 5.92 Å². The molecule has 1 heterocycles. The number of hydrogen-bond donors (Lipinski definition) is 1. The molecule has 4 heteroatoms. The highest BCUT2D eigenvalue weighted by Crippen LogP contribution is 2.20. The fraction of sp³-hybridized carbons (Fsp3) is 0.462. The summed E-state index contributed by atoms with van der Waals surface area (Å²) in [6.07, 6.45) is 0. The molecular weight excluding hydrogens is 218 g/mol. The van der Waals surface area contributed by atoms with Gasteiger partial charge < -0.3 is 15.2 Å². The summed E-state index contributed by atoms with van der Waals surface area (Å²) in [4.78, 5) is 12.1. The molecule has 1 saturated heterocycles. The molecule has 2 atom stereocenters. The summed E-state index contributed by atoms with van der Waals surface area (Å²) in [6, 6.07) is 6.97. The normalized spacial score (nSPS) is 23.6. The van der Waals surface area contributed by atoms with E-state index in [2.05, 4.69) is 0 Å². The number of rotatable bonds is 4. The lowest BCUT2D eigenvalue weighted by Crippen LogP contribution is -2.34. The Balaban J connectivity index is 2.08. The van der Waals surface area contributed by atoms with E-state index < -0.39 is 0 Å². The molecule has 0 aromatic heterocycles.